The normalized spacial score (nSPS) is 17.6. The van der Waals surface area contributed by atoms with Gasteiger partial charge < -0.3 is 20.7 Å². The van der Waals surface area contributed by atoms with Crippen LogP contribution in [0.4, 0.5) is 0 Å². The van der Waals surface area contributed by atoms with Crippen molar-refractivity contribution < 1.29 is 19.7 Å². The Morgan fingerprint density at radius 1 is 0.969 bits per heavy atom. The van der Waals surface area contributed by atoms with E-state index in [1.807, 2.05) is 71.4 Å². The van der Waals surface area contributed by atoms with Crippen molar-refractivity contribution in [1.82, 2.24) is 14.5 Å². The predicted molar refractivity (Wildman–Crippen MR) is 118 cm³/mol. The van der Waals surface area contributed by atoms with Gasteiger partial charge in [0.15, 0.2) is 5.72 Å². The molecule has 5 rings (SSSR count). The Kier molecular flexibility index (Phi) is 5.83. The first-order valence-electron chi connectivity index (χ1n) is 9.86. The lowest BCUT2D eigenvalue weighted by Crippen LogP contribution is -2.37. The minimum Gasteiger partial charge on any atom is -0.412 e. The number of nitrogens with zero attached hydrogens (tertiary/aromatic N) is 3. The molecule has 1 fully saturated rings. The van der Waals surface area contributed by atoms with Crippen molar-refractivity contribution in [2.45, 2.75) is 5.72 Å². The second-order valence-corrected chi connectivity index (χ2v) is 7.24. The molecule has 8 heteroatoms. The molecule has 1 unspecified atom stereocenters. The monoisotopic (exact) mass is 430 g/mol. The average Bonchev–Trinajstić information content (AvgIpc) is 3.49. The number of primary amides is 1. The van der Waals surface area contributed by atoms with Crippen LogP contribution >= 0.6 is 0 Å². The first-order chi connectivity index (χ1) is 15.2. The van der Waals surface area contributed by atoms with Crippen molar-refractivity contribution in [3.8, 4) is 22.8 Å². The smallest absolute Gasteiger partial charge is 0.248 e. The molecule has 8 nitrogen and oxygen atoms in total. The molecule has 2 aromatic carbocycles. The number of rotatable bonds is 5. The lowest BCUT2D eigenvalue weighted by Gasteiger charge is -2.30. The molecule has 0 saturated carbocycles. The molecular formula is C24H22N4O4. The van der Waals surface area contributed by atoms with Crippen LogP contribution in [0.2, 0.25) is 0 Å². The highest BCUT2D eigenvalue weighted by atomic mass is 16.7. The van der Waals surface area contributed by atoms with E-state index in [4.69, 9.17) is 20.2 Å². The van der Waals surface area contributed by atoms with Gasteiger partial charge in [0.1, 0.15) is 24.9 Å². The van der Waals surface area contributed by atoms with Crippen molar-refractivity contribution in [3.05, 3.63) is 96.3 Å². The number of imidazole rings is 1. The summed E-state index contributed by atoms with van der Waals surface area (Å²) in [5.74, 6) is 0.198. The first kappa shape index (κ1) is 21.4. The molecule has 1 aliphatic heterocycles. The van der Waals surface area contributed by atoms with Gasteiger partial charge in [-0.25, -0.2) is 4.98 Å². The molecule has 4 aromatic rings. The van der Waals surface area contributed by atoms with Gasteiger partial charge >= 0.3 is 0 Å². The minimum atomic E-state index is -0.876. The van der Waals surface area contributed by atoms with Gasteiger partial charge in [-0.3, -0.25) is 14.3 Å². The molecule has 0 radical (unpaired) electrons. The summed E-state index contributed by atoms with van der Waals surface area (Å²) < 4.78 is 13.9. The lowest BCUT2D eigenvalue weighted by atomic mass is 10.0. The van der Waals surface area contributed by atoms with E-state index in [2.05, 4.69) is 4.98 Å². The molecule has 0 bridgehead atoms. The van der Waals surface area contributed by atoms with E-state index in [0.717, 1.165) is 16.8 Å². The maximum Gasteiger partial charge on any atom is 0.248 e. The van der Waals surface area contributed by atoms with E-state index in [-0.39, 0.29) is 12.3 Å². The third-order valence-electron chi connectivity index (χ3n) is 5.35. The Morgan fingerprint density at radius 2 is 1.72 bits per heavy atom. The van der Waals surface area contributed by atoms with Crippen LogP contribution in [0, 0.1) is 0 Å². The van der Waals surface area contributed by atoms with Crippen molar-refractivity contribution in [2.75, 3.05) is 13.4 Å². The summed E-state index contributed by atoms with van der Waals surface area (Å²) in [6.07, 6.45) is 3.67. The van der Waals surface area contributed by atoms with E-state index in [1.165, 1.54) is 0 Å². The van der Waals surface area contributed by atoms with E-state index >= 15 is 0 Å². The van der Waals surface area contributed by atoms with Gasteiger partial charge in [0.05, 0.1) is 5.69 Å². The highest BCUT2D eigenvalue weighted by molar-refractivity contribution is 5.93. The molecule has 1 saturated heterocycles. The summed E-state index contributed by atoms with van der Waals surface area (Å²) in [4.78, 5) is 20.8. The summed E-state index contributed by atoms with van der Waals surface area (Å²) in [7, 11) is 0. The topological polar surface area (TPSA) is 124 Å². The number of carbonyl (C=O) groups is 1. The Morgan fingerprint density at radius 3 is 2.34 bits per heavy atom. The SMILES string of the molecule is NC(=O)c1ccc(-c2nc(-c3ccccn3)cn2C2(c3ccccc3)COCO2)cc1.O. The molecule has 162 valence electrons. The van der Waals surface area contributed by atoms with Crippen molar-refractivity contribution in [1.29, 1.82) is 0 Å². The number of hydrogen-bond donors (Lipinski definition) is 1. The summed E-state index contributed by atoms with van der Waals surface area (Å²) in [6, 6.07) is 22.7. The predicted octanol–water partition coefficient (Wildman–Crippen LogP) is 2.59. The molecule has 2 aromatic heterocycles. The van der Waals surface area contributed by atoms with E-state index in [0.29, 0.717) is 23.7 Å². The Bertz CT molecular complexity index is 1200. The number of ether oxygens (including phenoxy) is 2. The highest BCUT2D eigenvalue weighted by Crippen LogP contribution is 2.38. The van der Waals surface area contributed by atoms with Crippen LogP contribution in [-0.4, -0.2) is 39.3 Å². The zero-order valence-corrected chi connectivity index (χ0v) is 17.1. The summed E-state index contributed by atoms with van der Waals surface area (Å²) >= 11 is 0. The van der Waals surface area contributed by atoms with Gasteiger partial charge in [-0.05, 0) is 24.3 Å². The zero-order valence-electron chi connectivity index (χ0n) is 17.1. The fraction of sp³-hybridized carbons (Fsp3) is 0.125. The molecule has 4 N–H and O–H groups in total. The van der Waals surface area contributed by atoms with Crippen LogP contribution < -0.4 is 5.73 Å². The second-order valence-electron chi connectivity index (χ2n) is 7.24. The van der Waals surface area contributed by atoms with E-state index in [9.17, 15) is 4.79 Å². The van der Waals surface area contributed by atoms with Crippen LogP contribution in [0.3, 0.4) is 0 Å². The van der Waals surface area contributed by atoms with Crippen LogP contribution in [-0.2, 0) is 15.2 Å². The largest absolute Gasteiger partial charge is 0.412 e. The van der Waals surface area contributed by atoms with Crippen LogP contribution in [0.25, 0.3) is 22.8 Å². The van der Waals surface area contributed by atoms with E-state index in [1.54, 1.807) is 18.3 Å². The maximum absolute atomic E-state index is 11.5. The number of nitrogens with two attached hydrogens (primary N) is 1. The third-order valence-corrected chi connectivity index (χ3v) is 5.35. The number of hydrogen-bond acceptors (Lipinski definition) is 5. The third kappa shape index (κ3) is 3.67. The minimum absolute atomic E-state index is 0. The number of carbonyl (C=O) groups excluding carboxylic acids is 1. The van der Waals surface area contributed by atoms with Crippen LogP contribution in [0.15, 0.2) is 85.2 Å². The average molecular weight is 430 g/mol. The Hall–Kier alpha value is -3.85. The molecular weight excluding hydrogens is 408 g/mol. The van der Waals surface area contributed by atoms with Gasteiger partial charge in [0.2, 0.25) is 5.91 Å². The van der Waals surface area contributed by atoms with Gasteiger partial charge in [0, 0.05) is 29.1 Å². The first-order valence-corrected chi connectivity index (χ1v) is 9.86. The van der Waals surface area contributed by atoms with Crippen molar-refractivity contribution in [2.24, 2.45) is 5.73 Å². The standard InChI is InChI=1S/C24H20N4O3.H2O/c25-22(29)17-9-11-18(12-10-17)23-27-21(20-8-4-5-13-26-20)14-28(23)24(15-30-16-31-24)19-6-2-1-3-7-19;/h1-14H,15-16H2,(H2,25,29);1H2. The van der Waals surface area contributed by atoms with Gasteiger partial charge in [-0.1, -0.05) is 48.5 Å². The Labute approximate surface area is 184 Å². The highest BCUT2D eigenvalue weighted by Gasteiger charge is 2.42. The summed E-state index contributed by atoms with van der Waals surface area (Å²) in [6.45, 7) is 0.507. The van der Waals surface area contributed by atoms with Gasteiger partial charge in [-0.2, -0.15) is 0 Å². The molecule has 1 atom stereocenters. The molecule has 0 aliphatic carbocycles. The zero-order chi connectivity index (χ0) is 21.3. The summed E-state index contributed by atoms with van der Waals surface area (Å²) in [5, 5.41) is 0. The maximum atomic E-state index is 11.5. The van der Waals surface area contributed by atoms with Crippen molar-refractivity contribution >= 4 is 5.91 Å². The molecule has 32 heavy (non-hydrogen) atoms. The van der Waals surface area contributed by atoms with E-state index < -0.39 is 11.6 Å². The lowest BCUT2D eigenvalue weighted by molar-refractivity contribution is -0.0297. The van der Waals surface area contributed by atoms with Crippen LogP contribution in [0.5, 0.6) is 0 Å². The number of amides is 1. The number of aromatic nitrogens is 3. The van der Waals surface area contributed by atoms with Gasteiger partial charge in [0.25, 0.3) is 0 Å². The fourth-order valence-electron chi connectivity index (χ4n) is 3.78. The fourth-order valence-corrected chi connectivity index (χ4v) is 3.78. The quantitative estimate of drug-likeness (QED) is 0.521. The molecule has 0 spiro atoms. The number of benzene rings is 2. The number of pyridine rings is 1. The Balaban J connectivity index is 0.00000245. The molecule has 3 heterocycles. The van der Waals surface area contributed by atoms with Crippen LogP contribution in [0.1, 0.15) is 15.9 Å². The molecule has 1 amide bonds. The second kappa shape index (κ2) is 8.72. The molecule has 1 aliphatic rings. The van der Waals surface area contributed by atoms with Gasteiger partial charge in [-0.15, -0.1) is 0 Å². The summed E-state index contributed by atoms with van der Waals surface area (Å²) in [5.41, 5.74) is 8.19. The van der Waals surface area contributed by atoms with Crippen molar-refractivity contribution in [3.63, 3.8) is 0 Å².